The summed E-state index contributed by atoms with van der Waals surface area (Å²) in [6, 6.07) is 7.18. The van der Waals surface area contributed by atoms with Gasteiger partial charge in [0.25, 0.3) is 0 Å². The van der Waals surface area contributed by atoms with Gasteiger partial charge in [0.2, 0.25) is 0 Å². The van der Waals surface area contributed by atoms with E-state index in [1.54, 1.807) is 0 Å². The number of benzene rings is 1. The van der Waals surface area contributed by atoms with Crippen molar-refractivity contribution in [2.24, 2.45) is 0 Å². The lowest BCUT2D eigenvalue weighted by Gasteiger charge is -2.32. The molecule has 3 aliphatic rings. The first-order chi connectivity index (χ1) is 10.4. The maximum Gasteiger partial charge on any atom is 0.139 e. The average Bonchev–Trinajstić information content (AvgIpc) is 3.17. The van der Waals surface area contributed by atoms with Crippen LogP contribution in [-0.2, 0) is 0 Å². The highest BCUT2D eigenvalue weighted by atomic mass is 16.5. The molecule has 0 atom stereocenters. The number of hydrogen-bond acceptors (Lipinski definition) is 3. The topological polar surface area (TPSA) is 24.5 Å². The molecule has 113 valence electrons. The normalized spacial score (nSPS) is 23.1. The molecule has 1 heterocycles. The third kappa shape index (κ3) is 2.70. The standard InChI is InChI=1S/C18H25N2O/c1-2-6-14(7-3-1)20-13-19-17-11-10-16(12-18(17)20)21-15-8-4-5-9-15/h10-15,19H,1-9H2. The summed E-state index contributed by atoms with van der Waals surface area (Å²) in [5, 5.41) is 3.41. The third-order valence-corrected chi connectivity index (χ3v) is 5.18. The molecular formula is C18H25N2O. The molecule has 0 aromatic heterocycles. The Morgan fingerprint density at radius 1 is 0.952 bits per heavy atom. The fraction of sp³-hybridized carbons (Fsp3) is 0.611. The molecule has 0 saturated heterocycles. The molecule has 0 bridgehead atoms. The van der Waals surface area contributed by atoms with Crippen molar-refractivity contribution in [3.63, 3.8) is 0 Å². The lowest BCUT2D eigenvalue weighted by molar-refractivity contribution is 0.210. The van der Waals surface area contributed by atoms with E-state index in [-0.39, 0.29) is 0 Å². The van der Waals surface area contributed by atoms with Gasteiger partial charge >= 0.3 is 0 Å². The average molecular weight is 285 g/mol. The molecule has 1 aliphatic heterocycles. The highest BCUT2D eigenvalue weighted by molar-refractivity contribution is 5.78. The van der Waals surface area contributed by atoms with Crippen molar-refractivity contribution in [1.82, 2.24) is 0 Å². The zero-order chi connectivity index (χ0) is 14.1. The minimum absolute atomic E-state index is 0.435. The third-order valence-electron chi connectivity index (χ3n) is 5.18. The number of anilines is 2. The fourth-order valence-electron chi connectivity index (χ4n) is 3.99. The Morgan fingerprint density at radius 2 is 1.71 bits per heavy atom. The highest BCUT2D eigenvalue weighted by Crippen LogP contribution is 2.40. The first kappa shape index (κ1) is 13.3. The molecule has 2 fully saturated rings. The van der Waals surface area contributed by atoms with E-state index < -0.39 is 0 Å². The van der Waals surface area contributed by atoms with E-state index in [0.29, 0.717) is 12.1 Å². The molecular weight excluding hydrogens is 260 g/mol. The molecule has 2 aliphatic carbocycles. The van der Waals surface area contributed by atoms with Crippen LogP contribution in [0.25, 0.3) is 0 Å². The van der Waals surface area contributed by atoms with Gasteiger partial charge in [0.1, 0.15) is 12.4 Å². The van der Waals surface area contributed by atoms with Gasteiger partial charge < -0.3 is 15.0 Å². The van der Waals surface area contributed by atoms with Crippen LogP contribution in [0.4, 0.5) is 11.4 Å². The van der Waals surface area contributed by atoms with Gasteiger partial charge in [0, 0.05) is 12.1 Å². The van der Waals surface area contributed by atoms with Crippen molar-refractivity contribution in [2.75, 3.05) is 10.2 Å². The summed E-state index contributed by atoms with van der Waals surface area (Å²) in [5.74, 6) is 1.04. The maximum absolute atomic E-state index is 6.17. The van der Waals surface area contributed by atoms with Gasteiger partial charge in [-0.2, -0.15) is 0 Å². The first-order valence-corrected chi connectivity index (χ1v) is 8.59. The van der Waals surface area contributed by atoms with E-state index in [0.717, 1.165) is 5.75 Å². The summed E-state index contributed by atoms with van der Waals surface area (Å²) in [7, 11) is 0. The number of nitrogens with zero attached hydrogens (tertiary/aromatic N) is 1. The quantitative estimate of drug-likeness (QED) is 0.871. The van der Waals surface area contributed by atoms with Crippen LogP contribution in [0.5, 0.6) is 5.75 Å². The van der Waals surface area contributed by atoms with Crippen molar-refractivity contribution in [3.8, 4) is 5.75 Å². The van der Waals surface area contributed by atoms with Crippen LogP contribution in [0.3, 0.4) is 0 Å². The van der Waals surface area contributed by atoms with E-state index in [9.17, 15) is 0 Å². The van der Waals surface area contributed by atoms with E-state index in [1.165, 1.54) is 69.2 Å². The van der Waals surface area contributed by atoms with E-state index in [1.807, 2.05) is 0 Å². The van der Waals surface area contributed by atoms with Gasteiger partial charge in [-0.25, -0.2) is 0 Å². The molecule has 2 saturated carbocycles. The van der Waals surface area contributed by atoms with Crippen LogP contribution in [0.2, 0.25) is 0 Å². The summed E-state index contributed by atoms with van der Waals surface area (Å²) in [6.45, 7) is 2.15. The van der Waals surface area contributed by atoms with Crippen LogP contribution in [0, 0.1) is 6.67 Å². The maximum atomic E-state index is 6.17. The van der Waals surface area contributed by atoms with Gasteiger partial charge in [-0.3, -0.25) is 0 Å². The van der Waals surface area contributed by atoms with Gasteiger partial charge in [-0.05, 0) is 50.7 Å². The Hall–Kier alpha value is -1.38. The van der Waals surface area contributed by atoms with Gasteiger partial charge in [-0.1, -0.05) is 19.3 Å². The fourth-order valence-corrected chi connectivity index (χ4v) is 3.99. The van der Waals surface area contributed by atoms with Gasteiger partial charge in [0.05, 0.1) is 17.5 Å². The minimum atomic E-state index is 0.435. The van der Waals surface area contributed by atoms with Crippen LogP contribution in [-0.4, -0.2) is 12.1 Å². The molecule has 3 nitrogen and oxygen atoms in total. The Balaban J connectivity index is 1.52. The Bertz CT molecular complexity index is 490. The van der Waals surface area contributed by atoms with E-state index in [2.05, 4.69) is 35.1 Å². The van der Waals surface area contributed by atoms with Crippen LogP contribution in [0.1, 0.15) is 57.8 Å². The lowest BCUT2D eigenvalue weighted by atomic mass is 9.94. The SMILES string of the molecule is [CH]1Nc2ccc(OC3CCCC3)cc2N1C1CCCCC1. The second kappa shape index (κ2) is 5.78. The summed E-state index contributed by atoms with van der Waals surface area (Å²) >= 11 is 0. The number of rotatable bonds is 3. The zero-order valence-electron chi connectivity index (χ0n) is 12.7. The Kier molecular flexibility index (Phi) is 3.66. The molecule has 3 heteroatoms. The number of nitrogens with one attached hydrogen (secondary N) is 1. The van der Waals surface area contributed by atoms with Crippen molar-refractivity contribution in [3.05, 3.63) is 24.9 Å². The molecule has 21 heavy (non-hydrogen) atoms. The van der Waals surface area contributed by atoms with E-state index >= 15 is 0 Å². The van der Waals surface area contributed by atoms with Gasteiger partial charge in [-0.15, -0.1) is 0 Å². The zero-order valence-corrected chi connectivity index (χ0v) is 12.7. The van der Waals surface area contributed by atoms with Crippen molar-refractivity contribution < 1.29 is 4.74 Å². The predicted molar refractivity (Wildman–Crippen MR) is 86.6 cm³/mol. The summed E-state index contributed by atoms with van der Waals surface area (Å²) in [4.78, 5) is 2.44. The number of fused-ring (bicyclic) bond motifs is 1. The Labute approximate surface area is 127 Å². The van der Waals surface area contributed by atoms with Crippen LogP contribution >= 0.6 is 0 Å². The van der Waals surface area contributed by atoms with Crippen molar-refractivity contribution >= 4 is 11.4 Å². The van der Waals surface area contributed by atoms with Crippen molar-refractivity contribution in [1.29, 1.82) is 0 Å². The summed E-state index contributed by atoms with van der Waals surface area (Å²) in [6.07, 6.45) is 12.3. The van der Waals surface area contributed by atoms with Crippen LogP contribution in [0.15, 0.2) is 18.2 Å². The summed E-state index contributed by atoms with van der Waals surface area (Å²) < 4.78 is 6.17. The molecule has 4 rings (SSSR count). The second-order valence-corrected chi connectivity index (χ2v) is 6.68. The van der Waals surface area contributed by atoms with E-state index in [4.69, 9.17) is 4.74 Å². The summed E-state index contributed by atoms with van der Waals surface area (Å²) in [5.41, 5.74) is 2.52. The second-order valence-electron chi connectivity index (χ2n) is 6.68. The first-order valence-electron chi connectivity index (χ1n) is 8.59. The predicted octanol–water partition coefficient (Wildman–Crippen LogP) is 4.69. The Morgan fingerprint density at radius 3 is 2.52 bits per heavy atom. The monoisotopic (exact) mass is 285 g/mol. The molecule has 0 amide bonds. The molecule has 0 spiro atoms. The highest BCUT2D eigenvalue weighted by Gasteiger charge is 2.28. The number of ether oxygens (including phenoxy) is 1. The molecule has 1 N–H and O–H groups in total. The largest absolute Gasteiger partial charge is 0.490 e. The molecule has 1 radical (unpaired) electrons. The van der Waals surface area contributed by atoms with Crippen LogP contribution < -0.4 is 15.0 Å². The lowest BCUT2D eigenvalue weighted by Crippen LogP contribution is -2.33. The smallest absolute Gasteiger partial charge is 0.139 e. The molecule has 1 aromatic rings. The minimum Gasteiger partial charge on any atom is -0.490 e. The van der Waals surface area contributed by atoms with Crippen molar-refractivity contribution in [2.45, 2.75) is 69.9 Å². The number of hydrogen-bond donors (Lipinski definition) is 1. The van der Waals surface area contributed by atoms with Gasteiger partial charge in [0.15, 0.2) is 0 Å². The molecule has 1 aromatic carbocycles. The molecule has 0 unspecified atom stereocenters.